The summed E-state index contributed by atoms with van der Waals surface area (Å²) in [6.07, 6.45) is -2.62. The number of hydrogen-bond donors (Lipinski definition) is 1. The van der Waals surface area contributed by atoms with E-state index in [1.165, 1.54) is 4.90 Å². The number of amides is 2. The van der Waals surface area contributed by atoms with E-state index in [4.69, 9.17) is 4.74 Å². The molecule has 23 heavy (non-hydrogen) atoms. The van der Waals surface area contributed by atoms with Crippen LogP contribution in [0.2, 0.25) is 0 Å². The fraction of sp³-hybridized carbons (Fsp3) is 0.938. The summed E-state index contributed by atoms with van der Waals surface area (Å²) in [5.41, 5.74) is -0.968. The summed E-state index contributed by atoms with van der Waals surface area (Å²) in [4.78, 5) is 13.9. The summed E-state index contributed by atoms with van der Waals surface area (Å²) in [5.74, 6) is -1.36. The number of halogens is 3. The van der Waals surface area contributed by atoms with Crippen molar-refractivity contribution in [1.29, 1.82) is 0 Å². The molecule has 0 bridgehead atoms. The lowest BCUT2D eigenvalue weighted by molar-refractivity contribution is -0.214. The van der Waals surface area contributed by atoms with Gasteiger partial charge in [0.1, 0.15) is 0 Å². The van der Waals surface area contributed by atoms with Crippen LogP contribution in [-0.2, 0) is 4.74 Å². The van der Waals surface area contributed by atoms with Gasteiger partial charge in [0.2, 0.25) is 0 Å². The van der Waals surface area contributed by atoms with Crippen LogP contribution in [0.15, 0.2) is 0 Å². The zero-order chi connectivity index (χ0) is 17.4. The molecule has 7 heteroatoms. The lowest BCUT2D eigenvalue weighted by Crippen LogP contribution is -2.56. The van der Waals surface area contributed by atoms with Gasteiger partial charge in [0.25, 0.3) is 0 Å². The fourth-order valence-corrected chi connectivity index (χ4v) is 3.93. The van der Waals surface area contributed by atoms with Crippen molar-refractivity contribution < 1.29 is 22.7 Å². The van der Waals surface area contributed by atoms with E-state index in [2.05, 4.69) is 5.32 Å². The van der Waals surface area contributed by atoms with E-state index in [9.17, 15) is 18.0 Å². The number of urea groups is 1. The molecule has 0 aromatic heterocycles. The van der Waals surface area contributed by atoms with Crippen LogP contribution in [0.25, 0.3) is 0 Å². The van der Waals surface area contributed by atoms with E-state index < -0.39 is 17.5 Å². The Morgan fingerprint density at radius 3 is 2.26 bits per heavy atom. The van der Waals surface area contributed by atoms with Gasteiger partial charge < -0.3 is 15.0 Å². The highest BCUT2D eigenvalue weighted by Crippen LogP contribution is 2.45. The zero-order valence-electron chi connectivity index (χ0n) is 14.2. The molecule has 1 unspecified atom stereocenters. The van der Waals surface area contributed by atoms with Gasteiger partial charge in [-0.1, -0.05) is 13.8 Å². The lowest BCUT2D eigenvalue weighted by Gasteiger charge is -2.45. The van der Waals surface area contributed by atoms with Gasteiger partial charge in [-0.05, 0) is 38.5 Å². The van der Waals surface area contributed by atoms with Gasteiger partial charge in [0.15, 0.2) is 0 Å². The summed E-state index contributed by atoms with van der Waals surface area (Å²) in [5, 5.41) is 2.97. The molecular formula is C16H27F3N2O2. The molecule has 2 amide bonds. The molecule has 2 fully saturated rings. The van der Waals surface area contributed by atoms with Crippen LogP contribution < -0.4 is 5.32 Å². The third-order valence-electron chi connectivity index (χ3n) is 4.94. The van der Waals surface area contributed by atoms with Gasteiger partial charge in [-0.15, -0.1) is 0 Å². The first kappa shape index (κ1) is 18.4. The van der Waals surface area contributed by atoms with E-state index in [0.717, 1.165) is 12.8 Å². The molecule has 4 nitrogen and oxygen atoms in total. The quantitative estimate of drug-likeness (QED) is 0.795. The third-order valence-corrected chi connectivity index (χ3v) is 4.94. The van der Waals surface area contributed by atoms with Crippen LogP contribution in [-0.4, -0.2) is 48.4 Å². The Hall–Kier alpha value is -0.980. The zero-order valence-corrected chi connectivity index (χ0v) is 14.2. The van der Waals surface area contributed by atoms with Gasteiger partial charge in [-0.2, -0.15) is 13.2 Å². The predicted octanol–water partition coefficient (Wildman–Crippen LogP) is 3.56. The molecule has 2 aliphatic heterocycles. The molecule has 4 atom stereocenters. The third kappa shape index (κ3) is 4.52. The Balaban J connectivity index is 1.94. The standard InChI is InChI=1S/C16H27F3N2O2/c1-10-7-12(8-11(2)23-10)20-14(22)21-6-5-13(16(17,18)19)15(3,4)9-21/h10-13H,5-9H2,1-4H3,(H,20,22)/t10-,11+,12?,13-/m0/s1. The second-order valence-corrected chi connectivity index (χ2v) is 7.67. The van der Waals surface area contributed by atoms with Crippen LogP contribution in [0.5, 0.6) is 0 Å². The highest BCUT2D eigenvalue weighted by molar-refractivity contribution is 5.74. The largest absolute Gasteiger partial charge is 0.392 e. The average Bonchev–Trinajstić information content (AvgIpc) is 2.34. The molecule has 1 N–H and O–H groups in total. The number of rotatable bonds is 1. The van der Waals surface area contributed by atoms with E-state index in [1.54, 1.807) is 13.8 Å². The molecule has 0 saturated carbocycles. The SMILES string of the molecule is C[C@@H]1CC(NC(=O)N2CC[C@H](C(F)(F)F)C(C)(C)C2)C[C@H](C)O1. The van der Waals surface area contributed by atoms with Crippen LogP contribution in [0.3, 0.4) is 0 Å². The number of likely N-dealkylation sites (tertiary alicyclic amines) is 1. The smallest absolute Gasteiger partial charge is 0.375 e. The normalized spacial score (nSPS) is 35.0. The monoisotopic (exact) mass is 336 g/mol. The molecule has 2 saturated heterocycles. The Bertz CT molecular complexity index is 430. The molecule has 0 aliphatic carbocycles. The molecule has 2 rings (SSSR count). The first-order valence-electron chi connectivity index (χ1n) is 8.26. The number of carbonyl (C=O) groups is 1. The summed E-state index contributed by atoms with van der Waals surface area (Å²) >= 11 is 0. The molecule has 0 spiro atoms. The molecular weight excluding hydrogens is 309 g/mol. The molecule has 134 valence electrons. The van der Waals surface area contributed by atoms with E-state index in [0.29, 0.717) is 0 Å². The fourth-order valence-electron chi connectivity index (χ4n) is 3.93. The first-order valence-corrected chi connectivity index (χ1v) is 8.26. The number of nitrogens with zero attached hydrogens (tertiary/aromatic N) is 1. The minimum absolute atomic E-state index is 0.0182. The number of hydrogen-bond acceptors (Lipinski definition) is 2. The minimum Gasteiger partial charge on any atom is -0.375 e. The van der Waals surface area contributed by atoms with Crippen molar-refractivity contribution in [2.75, 3.05) is 13.1 Å². The molecule has 0 aromatic carbocycles. The second-order valence-electron chi connectivity index (χ2n) is 7.67. The van der Waals surface area contributed by atoms with Gasteiger partial charge in [0, 0.05) is 19.1 Å². The summed E-state index contributed by atoms with van der Waals surface area (Å²) in [7, 11) is 0. The van der Waals surface area contributed by atoms with E-state index in [1.807, 2.05) is 13.8 Å². The Morgan fingerprint density at radius 2 is 1.78 bits per heavy atom. The minimum atomic E-state index is -4.21. The van der Waals surface area contributed by atoms with Crippen LogP contribution >= 0.6 is 0 Å². The lowest BCUT2D eigenvalue weighted by atomic mass is 9.73. The van der Waals surface area contributed by atoms with Crippen LogP contribution in [0, 0.1) is 11.3 Å². The topological polar surface area (TPSA) is 41.6 Å². The maximum absolute atomic E-state index is 13.1. The van der Waals surface area contributed by atoms with Crippen molar-refractivity contribution >= 4 is 6.03 Å². The number of alkyl halides is 3. The van der Waals surface area contributed by atoms with Crippen molar-refractivity contribution in [3.63, 3.8) is 0 Å². The van der Waals surface area contributed by atoms with Gasteiger partial charge in [-0.3, -0.25) is 0 Å². The van der Waals surface area contributed by atoms with Crippen molar-refractivity contribution in [3.8, 4) is 0 Å². The Labute approximate surface area is 135 Å². The average molecular weight is 336 g/mol. The van der Waals surface area contributed by atoms with Crippen molar-refractivity contribution in [3.05, 3.63) is 0 Å². The van der Waals surface area contributed by atoms with Gasteiger partial charge >= 0.3 is 12.2 Å². The summed E-state index contributed by atoms with van der Waals surface area (Å²) < 4.78 is 44.9. The number of ether oxygens (including phenoxy) is 1. The Kier molecular flexibility index (Phi) is 5.18. The van der Waals surface area contributed by atoms with Gasteiger partial charge in [-0.25, -0.2) is 4.79 Å². The summed E-state index contributed by atoms with van der Waals surface area (Å²) in [6, 6.07) is -0.241. The number of nitrogens with one attached hydrogen (secondary N) is 1. The first-order chi connectivity index (χ1) is 10.5. The van der Waals surface area contributed by atoms with Crippen molar-refractivity contribution in [2.24, 2.45) is 11.3 Å². The van der Waals surface area contributed by atoms with E-state index >= 15 is 0 Å². The van der Waals surface area contributed by atoms with Gasteiger partial charge in [0.05, 0.1) is 18.1 Å². The van der Waals surface area contributed by atoms with Crippen molar-refractivity contribution in [1.82, 2.24) is 10.2 Å². The summed E-state index contributed by atoms with van der Waals surface area (Å²) in [6.45, 7) is 7.37. The van der Waals surface area contributed by atoms with Crippen molar-refractivity contribution in [2.45, 2.75) is 71.4 Å². The maximum Gasteiger partial charge on any atom is 0.392 e. The van der Waals surface area contributed by atoms with Crippen LogP contribution in [0.4, 0.5) is 18.0 Å². The maximum atomic E-state index is 13.1. The predicted molar refractivity (Wildman–Crippen MR) is 81.1 cm³/mol. The Morgan fingerprint density at radius 1 is 1.22 bits per heavy atom. The molecule has 2 heterocycles. The second kappa shape index (κ2) is 6.49. The number of piperidine rings is 1. The highest BCUT2D eigenvalue weighted by Gasteiger charge is 2.51. The highest BCUT2D eigenvalue weighted by atomic mass is 19.4. The number of carbonyl (C=O) groups excluding carboxylic acids is 1. The molecule has 0 radical (unpaired) electrons. The molecule has 2 aliphatic rings. The van der Waals surface area contributed by atoms with Crippen LogP contribution in [0.1, 0.15) is 47.0 Å². The van der Waals surface area contributed by atoms with E-state index in [-0.39, 0.29) is 43.8 Å². The molecule has 0 aromatic rings.